The van der Waals surface area contributed by atoms with Crippen LogP contribution in [0.5, 0.6) is 0 Å². The van der Waals surface area contributed by atoms with Gasteiger partial charge in [-0.05, 0) is 56.0 Å². The second-order valence-electron chi connectivity index (χ2n) is 8.15. The molecule has 9 heteroatoms. The molecule has 4 aromatic rings. The van der Waals surface area contributed by atoms with Gasteiger partial charge in [-0.1, -0.05) is 42.0 Å². The number of hydrogen-bond acceptors (Lipinski definition) is 7. The molecule has 1 atom stereocenters. The summed E-state index contributed by atoms with van der Waals surface area (Å²) in [5.74, 6) is -0.874. The van der Waals surface area contributed by atoms with E-state index in [2.05, 4.69) is 10.6 Å². The third-order valence-electron chi connectivity index (χ3n) is 5.39. The summed E-state index contributed by atoms with van der Waals surface area (Å²) in [4.78, 5) is 39.8. The lowest BCUT2D eigenvalue weighted by atomic mass is 10.0. The topological polar surface area (TPSA) is 84.5 Å². The van der Waals surface area contributed by atoms with Crippen molar-refractivity contribution in [3.05, 3.63) is 87.4 Å². The molecule has 0 aliphatic rings. The van der Waals surface area contributed by atoms with Crippen LogP contribution in [0.3, 0.4) is 0 Å². The summed E-state index contributed by atoms with van der Waals surface area (Å²) >= 11 is 4.04. The van der Waals surface area contributed by atoms with Crippen LogP contribution in [0, 0.1) is 6.92 Å². The van der Waals surface area contributed by atoms with Crippen LogP contribution in [0.4, 0.5) is 10.7 Å². The Morgan fingerprint density at radius 1 is 1.00 bits per heavy atom. The zero-order valence-electron chi connectivity index (χ0n) is 20.6. The van der Waals surface area contributed by atoms with E-state index in [0.29, 0.717) is 21.1 Å². The molecule has 2 amide bonds. The first kappa shape index (κ1) is 26.7. The molecule has 0 aliphatic carbocycles. The largest absolute Gasteiger partial charge is 0.462 e. The maximum Gasteiger partial charge on any atom is 0.341 e. The van der Waals surface area contributed by atoms with Crippen LogP contribution in [-0.4, -0.2) is 29.6 Å². The Balaban J connectivity index is 1.48. The number of carbonyl (C=O) groups is 3. The van der Waals surface area contributed by atoms with Gasteiger partial charge in [0.15, 0.2) is 0 Å². The van der Waals surface area contributed by atoms with Gasteiger partial charge in [0, 0.05) is 21.5 Å². The van der Waals surface area contributed by atoms with Crippen molar-refractivity contribution < 1.29 is 19.1 Å². The minimum atomic E-state index is -0.468. The summed E-state index contributed by atoms with van der Waals surface area (Å²) in [6.07, 6.45) is 0. The number of carbonyl (C=O) groups excluding carboxylic acids is 3. The maximum absolute atomic E-state index is 13.1. The number of anilines is 2. The van der Waals surface area contributed by atoms with Crippen LogP contribution < -0.4 is 10.6 Å². The Labute approximate surface area is 228 Å². The van der Waals surface area contributed by atoms with Crippen LogP contribution >= 0.6 is 34.4 Å². The Morgan fingerprint density at radius 3 is 2.49 bits per heavy atom. The number of benzene rings is 2. The molecule has 6 nitrogen and oxygen atoms in total. The van der Waals surface area contributed by atoms with E-state index in [0.717, 1.165) is 21.6 Å². The van der Waals surface area contributed by atoms with Crippen LogP contribution in [0.15, 0.2) is 76.3 Å². The Morgan fingerprint density at radius 2 is 1.78 bits per heavy atom. The van der Waals surface area contributed by atoms with Gasteiger partial charge in [0.2, 0.25) is 5.91 Å². The fourth-order valence-electron chi connectivity index (χ4n) is 3.52. The molecular weight excluding hydrogens is 525 g/mol. The van der Waals surface area contributed by atoms with E-state index >= 15 is 0 Å². The number of thiophene rings is 2. The molecule has 2 N–H and O–H groups in total. The predicted molar refractivity (Wildman–Crippen MR) is 153 cm³/mol. The fraction of sp³-hybridized carbons (Fsp3) is 0.179. The Hall–Kier alpha value is -3.40. The average Bonchev–Trinajstić information content (AvgIpc) is 3.56. The minimum Gasteiger partial charge on any atom is -0.462 e. The summed E-state index contributed by atoms with van der Waals surface area (Å²) in [6.45, 7) is 5.79. The Kier molecular flexibility index (Phi) is 8.81. The summed E-state index contributed by atoms with van der Waals surface area (Å²) in [7, 11) is 0. The summed E-state index contributed by atoms with van der Waals surface area (Å²) in [6, 6.07) is 18.8. The van der Waals surface area contributed by atoms with Crippen LogP contribution in [0.2, 0.25) is 0 Å². The van der Waals surface area contributed by atoms with E-state index in [4.69, 9.17) is 4.74 Å². The lowest BCUT2D eigenvalue weighted by Crippen LogP contribution is -2.23. The quantitative estimate of drug-likeness (QED) is 0.168. The number of esters is 1. The molecule has 0 fully saturated rings. The van der Waals surface area contributed by atoms with Gasteiger partial charge in [-0.15, -0.1) is 34.4 Å². The van der Waals surface area contributed by atoms with Crippen molar-refractivity contribution in [1.29, 1.82) is 0 Å². The smallest absolute Gasteiger partial charge is 0.341 e. The van der Waals surface area contributed by atoms with Crippen molar-refractivity contribution in [2.24, 2.45) is 0 Å². The van der Waals surface area contributed by atoms with Crippen molar-refractivity contribution in [1.82, 2.24) is 0 Å². The molecule has 0 bridgehead atoms. The molecule has 0 spiro atoms. The molecule has 2 aromatic carbocycles. The molecule has 4 rings (SSSR count). The van der Waals surface area contributed by atoms with Gasteiger partial charge < -0.3 is 15.4 Å². The first-order chi connectivity index (χ1) is 17.9. The molecule has 190 valence electrons. The minimum absolute atomic E-state index is 0.170. The van der Waals surface area contributed by atoms with Gasteiger partial charge in [-0.25, -0.2) is 4.79 Å². The van der Waals surface area contributed by atoms with E-state index in [9.17, 15) is 14.4 Å². The first-order valence-corrected chi connectivity index (χ1v) is 14.3. The van der Waals surface area contributed by atoms with Gasteiger partial charge in [0.05, 0.1) is 16.7 Å². The number of ether oxygens (including phenoxy) is 1. The molecule has 0 saturated heterocycles. The van der Waals surface area contributed by atoms with Crippen LogP contribution in [0.1, 0.15) is 39.4 Å². The third kappa shape index (κ3) is 6.68. The first-order valence-electron chi connectivity index (χ1n) is 11.6. The van der Waals surface area contributed by atoms with E-state index in [1.807, 2.05) is 72.3 Å². The SMILES string of the molecule is CCOC(=O)c1c(-c2ccc(C)cc2)csc1NC(=O)C(C)Sc1cccc(NC(=O)c2cccs2)c1. The molecular formula is C28H26N2O4S3. The van der Waals surface area contributed by atoms with E-state index in [1.165, 1.54) is 34.4 Å². The average molecular weight is 551 g/mol. The van der Waals surface area contributed by atoms with Gasteiger partial charge in [0.25, 0.3) is 5.91 Å². The van der Waals surface area contributed by atoms with Gasteiger partial charge in [0.1, 0.15) is 10.6 Å². The number of aryl methyl sites for hydroxylation is 1. The van der Waals surface area contributed by atoms with Gasteiger partial charge in [-0.2, -0.15) is 0 Å². The highest BCUT2D eigenvalue weighted by Gasteiger charge is 2.24. The summed E-state index contributed by atoms with van der Waals surface area (Å²) < 4.78 is 5.30. The molecule has 2 aromatic heterocycles. The molecule has 0 saturated carbocycles. The van der Waals surface area contributed by atoms with Gasteiger partial charge >= 0.3 is 5.97 Å². The lowest BCUT2D eigenvalue weighted by molar-refractivity contribution is -0.115. The van der Waals surface area contributed by atoms with E-state index < -0.39 is 11.2 Å². The highest BCUT2D eigenvalue weighted by Crippen LogP contribution is 2.37. The van der Waals surface area contributed by atoms with Crippen molar-refractivity contribution in [3.63, 3.8) is 0 Å². The molecule has 37 heavy (non-hydrogen) atoms. The fourth-order valence-corrected chi connectivity index (χ4v) is 6.03. The summed E-state index contributed by atoms with van der Waals surface area (Å²) in [5, 5.41) is 9.54. The van der Waals surface area contributed by atoms with Crippen molar-refractivity contribution in [2.75, 3.05) is 17.2 Å². The standard InChI is InChI=1S/C28H26N2O4S3/c1-4-34-28(33)24-22(19-12-10-17(2)11-13-19)16-36-27(24)30-25(31)18(3)37-21-8-5-7-20(15-21)29-26(32)23-9-6-14-35-23/h5-16,18H,4H2,1-3H3,(H,29,32)(H,30,31). The van der Waals surface area contributed by atoms with E-state index in [-0.39, 0.29) is 18.4 Å². The molecule has 2 heterocycles. The number of rotatable bonds is 9. The zero-order valence-corrected chi connectivity index (χ0v) is 23.0. The van der Waals surface area contributed by atoms with Gasteiger partial charge in [-0.3, -0.25) is 9.59 Å². The number of amides is 2. The maximum atomic E-state index is 13.1. The normalized spacial score (nSPS) is 11.5. The van der Waals surface area contributed by atoms with Crippen molar-refractivity contribution in [3.8, 4) is 11.1 Å². The second kappa shape index (κ2) is 12.2. The predicted octanol–water partition coefficient (Wildman–Crippen LogP) is 7.33. The number of thioether (sulfide) groups is 1. The zero-order chi connectivity index (χ0) is 26.4. The molecule has 0 aliphatic heterocycles. The van der Waals surface area contributed by atoms with Crippen molar-refractivity contribution >= 4 is 62.9 Å². The monoisotopic (exact) mass is 550 g/mol. The van der Waals surface area contributed by atoms with Crippen LogP contribution in [0.25, 0.3) is 11.1 Å². The van der Waals surface area contributed by atoms with Crippen LogP contribution in [-0.2, 0) is 9.53 Å². The highest BCUT2D eigenvalue weighted by molar-refractivity contribution is 8.00. The third-order valence-corrected chi connectivity index (χ3v) is 8.25. The molecule has 1 unspecified atom stereocenters. The Bertz CT molecular complexity index is 1400. The lowest BCUT2D eigenvalue weighted by Gasteiger charge is -2.14. The number of hydrogen-bond donors (Lipinski definition) is 2. The molecule has 0 radical (unpaired) electrons. The summed E-state index contributed by atoms with van der Waals surface area (Å²) in [5.41, 5.74) is 3.75. The van der Waals surface area contributed by atoms with Crippen molar-refractivity contribution in [2.45, 2.75) is 30.9 Å². The highest BCUT2D eigenvalue weighted by atomic mass is 32.2. The second-order valence-corrected chi connectivity index (χ2v) is 11.4. The van der Waals surface area contributed by atoms with E-state index in [1.54, 1.807) is 19.9 Å². The number of nitrogens with one attached hydrogen (secondary N) is 2.